The Kier molecular flexibility index (Phi) is 3.76. The van der Waals surface area contributed by atoms with E-state index in [-0.39, 0.29) is 11.0 Å². The second-order valence-corrected chi connectivity index (χ2v) is 8.34. The number of ether oxygens (including phenoxy) is 4. The van der Waals surface area contributed by atoms with Crippen LogP contribution in [0.5, 0.6) is 0 Å². The van der Waals surface area contributed by atoms with Crippen LogP contribution in [0.15, 0.2) is 29.2 Å². The van der Waals surface area contributed by atoms with Gasteiger partial charge in [0.25, 0.3) is 10.1 Å². The highest BCUT2D eigenvalue weighted by Gasteiger charge is 2.60. The van der Waals surface area contributed by atoms with Crippen LogP contribution in [0.3, 0.4) is 0 Å². The van der Waals surface area contributed by atoms with Gasteiger partial charge in [0.05, 0.1) is 11.5 Å². The van der Waals surface area contributed by atoms with E-state index >= 15 is 0 Å². The average molecular weight is 356 g/mol. The summed E-state index contributed by atoms with van der Waals surface area (Å²) >= 11 is 0. The van der Waals surface area contributed by atoms with Gasteiger partial charge in [0.15, 0.2) is 18.2 Å². The summed E-state index contributed by atoms with van der Waals surface area (Å²) in [6.45, 7) is 5.78. The molecule has 0 saturated carbocycles. The third kappa shape index (κ3) is 2.77. The summed E-state index contributed by atoms with van der Waals surface area (Å²) in [5, 5.41) is 0. The minimum atomic E-state index is -3.97. The molecule has 0 amide bonds. The molecule has 4 rings (SSSR count). The van der Waals surface area contributed by atoms with E-state index in [9.17, 15) is 8.42 Å². The van der Waals surface area contributed by atoms with E-state index in [1.807, 2.05) is 6.92 Å². The van der Waals surface area contributed by atoms with Gasteiger partial charge in [-0.2, -0.15) is 8.42 Å². The summed E-state index contributed by atoms with van der Waals surface area (Å²) in [4.78, 5) is 0.0861. The van der Waals surface area contributed by atoms with Crippen molar-refractivity contribution in [2.24, 2.45) is 0 Å². The van der Waals surface area contributed by atoms with E-state index in [4.69, 9.17) is 23.1 Å². The zero-order valence-corrected chi connectivity index (χ0v) is 14.5. The van der Waals surface area contributed by atoms with E-state index < -0.39 is 40.5 Å². The largest absolute Gasteiger partial charge is 0.347 e. The van der Waals surface area contributed by atoms with Crippen molar-refractivity contribution in [3.8, 4) is 0 Å². The molecule has 0 radical (unpaired) electrons. The molecule has 5 atom stereocenters. The normalized spacial score (nSPS) is 37.4. The Labute approximate surface area is 140 Å². The van der Waals surface area contributed by atoms with Gasteiger partial charge in [-0.05, 0) is 32.9 Å². The lowest BCUT2D eigenvalue weighted by Gasteiger charge is -2.34. The molecule has 0 aromatic heterocycles. The first-order valence-electron chi connectivity index (χ1n) is 7.88. The first kappa shape index (κ1) is 16.4. The molecule has 2 bridgehead atoms. The zero-order chi connectivity index (χ0) is 17.1. The summed E-state index contributed by atoms with van der Waals surface area (Å²) in [5.41, 5.74) is 0.964. The van der Waals surface area contributed by atoms with E-state index in [1.165, 1.54) is 12.1 Å². The minimum absolute atomic E-state index is 0.0861. The van der Waals surface area contributed by atoms with Crippen molar-refractivity contribution in [2.45, 2.75) is 62.2 Å². The maximum atomic E-state index is 12.6. The third-order valence-electron chi connectivity index (χ3n) is 4.40. The molecule has 3 heterocycles. The molecule has 3 saturated heterocycles. The Balaban J connectivity index is 1.62. The number of rotatable bonds is 3. The lowest BCUT2D eigenvalue weighted by atomic mass is 10.0. The summed E-state index contributed by atoms with van der Waals surface area (Å²) in [7, 11) is -3.97. The summed E-state index contributed by atoms with van der Waals surface area (Å²) in [6, 6.07) is 6.47. The van der Waals surface area contributed by atoms with Crippen molar-refractivity contribution in [1.29, 1.82) is 0 Å². The molecule has 3 aliphatic rings. The van der Waals surface area contributed by atoms with Gasteiger partial charge in [0.2, 0.25) is 0 Å². The second-order valence-electron chi connectivity index (χ2n) is 6.77. The minimum Gasteiger partial charge on any atom is -0.347 e. The molecule has 0 N–H and O–H groups in total. The Bertz CT molecular complexity index is 727. The van der Waals surface area contributed by atoms with E-state index in [0.717, 1.165) is 5.56 Å². The van der Waals surface area contributed by atoms with Crippen LogP contribution in [0, 0.1) is 6.92 Å². The van der Waals surface area contributed by atoms with Gasteiger partial charge in [0, 0.05) is 0 Å². The van der Waals surface area contributed by atoms with Crippen LogP contribution in [0.1, 0.15) is 19.4 Å². The summed E-state index contributed by atoms with van der Waals surface area (Å²) in [5.74, 6) is -0.821. The van der Waals surface area contributed by atoms with Crippen molar-refractivity contribution < 1.29 is 31.5 Å². The highest BCUT2D eigenvalue weighted by molar-refractivity contribution is 7.86. The highest BCUT2D eigenvalue weighted by atomic mass is 32.2. The number of hydrogen-bond acceptors (Lipinski definition) is 7. The van der Waals surface area contributed by atoms with E-state index in [0.29, 0.717) is 6.61 Å². The van der Waals surface area contributed by atoms with Crippen LogP contribution >= 0.6 is 0 Å². The standard InChI is InChI=1S/C16H20O7S/c1-9-4-6-10(7-5-9)24(17,18)23-14-13-12(21-16(2,3)22-13)11-8-19-15(14)20-11/h4-7,11-15H,8H2,1-3H3/t11-,12+,13+,14-,15-/m0/s1. The molecule has 3 fully saturated rings. The van der Waals surface area contributed by atoms with Gasteiger partial charge in [-0.25, -0.2) is 0 Å². The number of hydrogen-bond donors (Lipinski definition) is 0. The van der Waals surface area contributed by atoms with Crippen LogP contribution < -0.4 is 0 Å². The van der Waals surface area contributed by atoms with Crippen molar-refractivity contribution in [3.63, 3.8) is 0 Å². The zero-order valence-electron chi connectivity index (χ0n) is 13.7. The highest BCUT2D eigenvalue weighted by Crippen LogP contribution is 2.42. The van der Waals surface area contributed by atoms with E-state index in [1.54, 1.807) is 26.0 Å². The lowest BCUT2D eigenvalue weighted by molar-refractivity contribution is -0.194. The van der Waals surface area contributed by atoms with Crippen LogP contribution in [-0.4, -0.2) is 51.5 Å². The maximum Gasteiger partial charge on any atom is 0.297 e. The number of fused-ring (bicyclic) bond motifs is 4. The fourth-order valence-corrected chi connectivity index (χ4v) is 4.38. The van der Waals surface area contributed by atoms with Crippen LogP contribution in [0.25, 0.3) is 0 Å². The smallest absolute Gasteiger partial charge is 0.297 e. The Morgan fingerprint density at radius 3 is 2.50 bits per heavy atom. The molecular weight excluding hydrogens is 336 g/mol. The topological polar surface area (TPSA) is 80.3 Å². The molecule has 1 aromatic carbocycles. The summed E-state index contributed by atoms with van der Waals surface area (Å²) < 4.78 is 53.6. The fraction of sp³-hybridized carbons (Fsp3) is 0.625. The van der Waals surface area contributed by atoms with Crippen LogP contribution in [-0.2, 0) is 33.2 Å². The lowest BCUT2D eigenvalue weighted by Crippen LogP contribution is -2.53. The molecule has 3 aliphatic heterocycles. The maximum absolute atomic E-state index is 12.6. The fourth-order valence-electron chi connectivity index (χ4n) is 3.31. The second kappa shape index (κ2) is 5.48. The van der Waals surface area contributed by atoms with Crippen molar-refractivity contribution in [3.05, 3.63) is 29.8 Å². The molecule has 0 spiro atoms. The van der Waals surface area contributed by atoms with Gasteiger partial charge in [0.1, 0.15) is 18.3 Å². The monoisotopic (exact) mass is 356 g/mol. The van der Waals surface area contributed by atoms with Crippen LogP contribution in [0.4, 0.5) is 0 Å². The predicted octanol–water partition coefficient (Wildman–Crippen LogP) is 1.34. The predicted molar refractivity (Wildman–Crippen MR) is 81.7 cm³/mol. The molecule has 0 unspecified atom stereocenters. The van der Waals surface area contributed by atoms with Gasteiger partial charge < -0.3 is 18.9 Å². The molecule has 0 aliphatic carbocycles. The quantitative estimate of drug-likeness (QED) is 0.756. The van der Waals surface area contributed by atoms with Gasteiger partial charge in [-0.15, -0.1) is 0 Å². The van der Waals surface area contributed by atoms with E-state index in [2.05, 4.69) is 0 Å². The number of aryl methyl sites for hydroxylation is 1. The van der Waals surface area contributed by atoms with Crippen molar-refractivity contribution >= 4 is 10.1 Å². The van der Waals surface area contributed by atoms with Crippen molar-refractivity contribution in [1.82, 2.24) is 0 Å². The Hall–Kier alpha value is -1.03. The number of benzene rings is 1. The van der Waals surface area contributed by atoms with Crippen LogP contribution in [0.2, 0.25) is 0 Å². The van der Waals surface area contributed by atoms with Gasteiger partial charge >= 0.3 is 0 Å². The molecular formula is C16H20O7S. The molecule has 132 valence electrons. The summed E-state index contributed by atoms with van der Waals surface area (Å²) in [6.07, 6.45) is -2.96. The molecule has 7 nitrogen and oxygen atoms in total. The Morgan fingerprint density at radius 2 is 1.79 bits per heavy atom. The van der Waals surface area contributed by atoms with Gasteiger partial charge in [-0.1, -0.05) is 17.7 Å². The first-order valence-corrected chi connectivity index (χ1v) is 9.29. The first-order chi connectivity index (χ1) is 11.3. The Morgan fingerprint density at radius 1 is 1.12 bits per heavy atom. The third-order valence-corrected chi connectivity index (χ3v) is 5.73. The molecule has 24 heavy (non-hydrogen) atoms. The van der Waals surface area contributed by atoms with Crippen molar-refractivity contribution in [2.75, 3.05) is 6.61 Å². The average Bonchev–Trinajstić information content (AvgIpc) is 3.07. The van der Waals surface area contributed by atoms with Gasteiger partial charge in [-0.3, -0.25) is 4.18 Å². The SMILES string of the molecule is Cc1ccc(S(=O)(=O)O[C@@H]2[C@H]3OC[C@H](O3)[C@H]3OC(C)(C)O[C@@H]23)cc1. The molecule has 8 heteroatoms. The molecule has 1 aromatic rings.